The third-order valence-electron chi connectivity index (χ3n) is 7.21. The molecule has 0 unspecified atom stereocenters. The minimum atomic E-state index is -0.744. The summed E-state index contributed by atoms with van der Waals surface area (Å²) in [6, 6.07) is 16.0. The molecule has 3 aromatic rings. The lowest BCUT2D eigenvalue weighted by molar-refractivity contribution is -0.936. The molecule has 0 spiro atoms. The van der Waals surface area contributed by atoms with Crippen LogP contribution >= 0.6 is 23.6 Å². The molecular formula is C27H27F2N2O2S2+. The minimum Gasteiger partial charge on any atom is -0.458 e. The average Bonchev–Trinajstić information content (AvgIpc) is 3.38. The Morgan fingerprint density at radius 1 is 1.06 bits per heavy atom. The van der Waals surface area contributed by atoms with Crippen LogP contribution in [0.2, 0.25) is 0 Å². The number of thiophene rings is 1. The standard InChI is InChI=1S/C27H26F2N2O2S2/c28-21-6-1-4-19(14-21)26(20-5-2-7-22(29)15-20)33-27(34)30-23-16-31(11-9-18(23)10-12-31)17-24(32)25-8-3-13-35-25/h1-8,13-15,18,23,26H,9-12,16-17H2/p+1/t18?,23-,31?/m0/s1. The topological polar surface area (TPSA) is 38.3 Å². The number of Topliss-reactive ketones (excluding diaryl/α,β-unsaturated/α-hetero) is 1. The van der Waals surface area contributed by atoms with Crippen LogP contribution in [0.4, 0.5) is 8.78 Å². The first-order chi connectivity index (χ1) is 16.9. The van der Waals surface area contributed by atoms with Gasteiger partial charge in [0, 0.05) is 12.8 Å². The molecule has 1 aromatic heterocycles. The molecule has 4 nitrogen and oxygen atoms in total. The van der Waals surface area contributed by atoms with Crippen molar-refractivity contribution in [3.8, 4) is 0 Å². The van der Waals surface area contributed by atoms with Crippen molar-refractivity contribution in [1.29, 1.82) is 0 Å². The Bertz CT molecular complexity index is 1160. The molecule has 2 bridgehead atoms. The largest absolute Gasteiger partial charge is 0.458 e. The fourth-order valence-electron chi connectivity index (χ4n) is 5.45. The number of nitrogens with one attached hydrogen (secondary N) is 1. The molecule has 1 atom stereocenters. The molecule has 4 heterocycles. The van der Waals surface area contributed by atoms with E-state index in [0.717, 1.165) is 41.8 Å². The second-order valence-corrected chi connectivity index (χ2v) is 10.8. The SMILES string of the molecule is O=C(C[N+]12CCC(CC1)[C@@H](NC(=S)OC(c1cccc(F)c1)c1cccc(F)c1)C2)c1cccs1. The summed E-state index contributed by atoms with van der Waals surface area (Å²) < 4.78 is 34.8. The van der Waals surface area contributed by atoms with Gasteiger partial charge in [0.2, 0.25) is 5.78 Å². The lowest BCUT2D eigenvalue weighted by Crippen LogP contribution is -2.68. The predicted molar refractivity (Wildman–Crippen MR) is 136 cm³/mol. The Morgan fingerprint density at radius 3 is 2.29 bits per heavy atom. The van der Waals surface area contributed by atoms with Crippen molar-refractivity contribution in [1.82, 2.24) is 5.32 Å². The van der Waals surface area contributed by atoms with Gasteiger partial charge in [0.25, 0.3) is 5.17 Å². The maximum Gasteiger partial charge on any atom is 0.258 e. The molecule has 3 aliphatic rings. The number of ketones is 1. The van der Waals surface area contributed by atoms with Gasteiger partial charge in [-0.25, -0.2) is 8.78 Å². The molecule has 6 rings (SSSR count). The van der Waals surface area contributed by atoms with Crippen molar-refractivity contribution < 1.29 is 22.8 Å². The molecule has 0 saturated carbocycles. The molecule has 0 aliphatic carbocycles. The van der Waals surface area contributed by atoms with E-state index in [2.05, 4.69) is 5.32 Å². The maximum atomic E-state index is 14.0. The van der Waals surface area contributed by atoms with Gasteiger partial charge in [0.15, 0.2) is 6.10 Å². The lowest BCUT2D eigenvalue weighted by Gasteiger charge is -2.52. The van der Waals surface area contributed by atoms with Gasteiger partial charge in [-0.2, -0.15) is 0 Å². The van der Waals surface area contributed by atoms with Crippen LogP contribution in [0.15, 0.2) is 66.0 Å². The molecule has 8 heteroatoms. The fraction of sp³-hybridized carbons (Fsp3) is 0.333. The highest BCUT2D eigenvalue weighted by Gasteiger charge is 2.47. The van der Waals surface area contributed by atoms with Crippen LogP contribution in [0.25, 0.3) is 0 Å². The van der Waals surface area contributed by atoms with Gasteiger partial charge in [0.05, 0.1) is 30.6 Å². The zero-order valence-electron chi connectivity index (χ0n) is 19.2. The number of fused-ring (bicyclic) bond motifs is 3. The van der Waals surface area contributed by atoms with Gasteiger partial charge >= 0.3 is 0 Å². The fourth-order valence-corrected chi connectivity index (χ4v) is 6.36. The number of halogens is 2. The van der Waals surface area contributed by atoms with Crippen LogP contribution in [-0.4, -0.2) is 47.7 Å². The first-order valence-corrected chi connectivity index (χ1v) is 13.1. The first kappa shape index (κ1) is 24.0. The second kappa shape index (κ2) is 10.1. The Hall–Kier alpha value is -2.68. The minimum absolute atomic E-state index is 0.0850. The summed E-state index contributed by atoms with van der Waals surface area (Å²) >= 11 is 7.08. The van der Waals surface area contributed by atoms with Crippen LogP contribution in [0.1, 0.15) is 39.7 Å². The molecule has 35 heavy (non-hydrogen) atoms. The number of nitrogens with zero attached hydrogens (tertiary/aromatic N) is 1. The predicted octanol–water partition coefficient (Wildman–Crippen LogP) is 5.50. The zero-order chi connectivity index (χ0) is 24.4. The van der Waals surface area contributed by atoms with Gasteiger partial charge in [-0.15, -0.1) is 11.3 Å². The van der Waals surface area contributed by atoms with Crippen molar-refractivity contribution in [3.05, 3.63) is 93.7 Å². The van der Waals surface area contributed by atoms with Crippen molar-refractivity contribution in [2.45, 2.75) is 25.0 Å². The highest BCUT2D eigenvalue weighted by atomic mass is 32.1. The molecule has 0 amide bonds. The summed E-state index contributed by atoms with van der Waals surface area (Å²) in [6.45, 7) is 3.27. The normalized spacial score (nSPS) is 23.3. The van der Waals surface area contributed by atoms with Crippen LogP contribution in [0, 0.1) is 17.6 Å². The van der Waals surface area contributed by atoms with E-state index in [0.29, 0.717) is 23.6 Å². The highest BCUT2D eigenvalue weighted by molar-refractivity contribution is 7.80. The molecule has 3 saturated heterocycles. The van der Waals surface area contributed by atoms with Crippen LogP contribution in [0.5, 0.6) is 0 Å². The number of hydrogen-bond donors (Lipinski definition) is 1. The van der Waals surface area contributed by atoms with Gasteiger partial charge in [0.1, 0.15) is 18.2 Å². The number of piperidine rings is 3. The Labute approximate surface area is 213 Å². The van der Waals surface area contributed by atoms with E-state index in [1.807, 2.05) is 17.5 Å². The molecule has 3 aliphatic heterocycles. The van der Waals surface area contributed by atoms with Crippen molar-refractivity contribution in [2.75, 3.05) is 26.2 Å². The molecular weight excluding hydrogens is 486 g/mol. The monoisotopic (exact) mass is 513 g/mol. The third-order valence-corrected chi connectivity index (χ3v) is 8.33. The summed E-state index contributed by atoms with van der Waals surface area (Å²) in [5, 5.41) is 5.51. The summed E-state index contributed by atoms with van der Waals surface area (Å²) in [4.78, 5) is 13.7. The van der Waals surface area contributed by atoms with Gasteiger partial charge in [-0.3, -0.25) is 4.79 Å². The number of ether oxygens (including phenoxy) is 1. The maximum absolute atomic E-state index is 14.0. The van der Waals surface area contributed by atoms with Crippen molar-refractivity contribution in [2.24, 2.45) is 5.92 Å². The molecule has 3 fully saturated rings. The van der Waals surface area contributed by atoms with Crippen LogP contribution in [-0.2, 0) is 4.74 Å². The summed E-state index contributed by atoms with van der Waals surface area (Å²) in [7, 11) is 0. The molecule has 0 radical (unpaired) electrons. The Morgan fingerprint density at radius 2 is 1.71 bits per heavy atom. The summed E-state index contributed by atoms with van der Waals surface area (Å²) in [5.74, 6) is -0.151. The van der Waals surface area contributed by atoms with E-state index in [1.54, 1.807) is 24.3 Å². The van der Waals surface area contributed by atoms with Gasteiger partial charge in [-0.1, -0.05) is 30.3 Å². The highest BCUT2D eigenvalue weighted by Crippen LogP contribution is 2.35. The number of rotatable bonds is 7. The summed E-state index contributed by atoms with van der Waals surface area (Å²) in [6.07, 6.45) is 1.30. The zero-order valence-corrected chi connectivity index (χ0v) is 20.8. The smallest absolute Gasteiger partial charge is 0.258 e. The van der Waals surface area contributed by atoms with Crippen molar-refractivity contribution in [3.63, 3.8) is 0 Å². The Balaban J connectivity index is 1.30. The summed E-state index contributed by atoms with van der Waals surface area (Å²) in [5.41, 5.74) is 1.11. The molecule has 2 aromatic carbocycles. The van der Waals surface area contributed by atoms with Crippen LogP contribution < -0.4 is 5.32 Å². The second-order valence-electron chi connectivity index (χ2n) is 9.51. The van der Waals surface area contributed by atoms with Crippen LogP contribution in [0.3, 0.4) is 0 Å². The van der Waals surface area contributed by atoms with E-state index in [4.69, 9.17) is 17.0 Å². The lowest BCUT2D eigenvalue weighted by atomic mass is 9.81. The first-order valence-electron chi connectivity index (χ1n) is 11.8. The number of carbonyl (C=O) groups excluding carboxylic acids is 1. The number of benzene rings is 2. The van der Waals surface area contributed by atoms with Gasteiger partial charge < -0.3 is 14.5 Å². The number of quaternary nitrogens is 1. The quantitative estimate of drug-likeness (QED) is 0.257. The Kier molecular flexibility index (Phi) is 6.95. The van der Waals surface area contributed by atoms with E-state index in [-0.39, 0.29) is 17.0 Å². The number of thiocarbonyl (C=S) groups is 1. The third kappa shape index (κ3) is 5.44. The van der Waals surface area contributed by atoms with E-state index in [9.17, 15) is 13.6 Å². The van der Waals surface area contributed by atoms with E-state index >= 15 is 0 Å². The molecule has 182 valence electrons. The number of carbonyl (C=O) groups is 1. The number of hydrogen-bond acceptors (Lipinski definition) is 4. The van der Waals surface area contributed by atoms with Crippen molar-refractivity contribution >= 4 is 34.5 Å². The van der Waals surface area contributed by atoms with E-state index < -0.39 is 17.7 Å². The van der Waals surface area contributed by atoms with Gasteiger partial charge in [-0.05, 0) is 65.0 Å². The molecule has 1 N–H and O–H groups in total. The van der Waals surface area contributed by atoms with E-state index in [1.165, 1.54) is 35.6 Å². The average molecular weight is 514 g/mol.